The summed E-state index contributed by atoms with van der Waals surface area (Å²) < 4.78 is 61.4. The van der Waals surface area contributed by atoms with Crippen LogP contribution in [0.1, 0.15) is 22.3 Å². The Morgan fingerprint density at radius 3 is 2.54 bits per heavy atom. The van der Waals surface area contributed by atoms with E-state index in [1.165, 1.54) is 6.92 Å². The highest BCUT2D eigenvalue weighted by Crippen LogP contribution is 2.48. The standard InChI is InChI=1S/C18H14F4O2/c1-10-7-12-8-13(18(21,22)14(12)16(20)15(10)19)17(23)24-9-11-5-3-2-4-6-11/h2-7,13H,8-9H2,1H3. The van der Waals surface area contributed by atoms with Crippen molar-refractivity contribution in [2.45, 2.75) is 25.9 Å². The molecule has 0 amide bonds. The molecule has 0 saturated carbocycles. The molecule has 6 heteroatoms. The first-order chi connectivity index (χ1) is 11.3. The van der Waals surface area contributed by atoms with Crippen molar-refractivity contribution in [2.24, 2.45) is 5.92 Å². The minimum Gasteiger partial charge on any atom is -0.460 e. The van der Waals surface area contributed by atoms with Crippen LogP contribution in [0.4, 0.5) is 17.6 Å². The minimum absolute atomic E-state index is 0.0574. The van der Waals surface area contributed by atoms with Crippen molar-refractivity contribution >= 4 is 5.97 Å². The van der Waals surface area contributed by atoms with E-state index in [1.807, 2.05) is 0 Å². The first kappa shape index (κ1) is 16.5. The van der Waals surface area contributed by atoms with Gasteiger partial charge in [-0.05, 0) is 30.0 Å². The zero-order valence-corrected chi connectivity index (χ0v) is 12.8. The number of ether oxygens (including phenoxy) is 1. The Morgan fingerprint density at radius 1 is 1.21 bits per heavy atom. The zero-order chi connectivity index (χ0) is 17.5. The second kappa shape index (κ2) is 5.92. The Kier molecular flexibility index (Phi) is 4.07. The monoisotopic (exact) mass is 338 g/mol. The van der Waals surface area contributed by atoms with Crippen molar-refractivity contribution in [1.82, 2.24) is 0 Å². The third-order valence-electron chi connectivity index (χ3n) is 4.17. The van der Waals surface area contributed by atoms with Crippen molar-refractivity contribution in [3.8, 4) is 0 Å². The normalized spacial score (nSPS) is 18.3. The molecular weight excluding hydrogens is 324 g/mol. The van der Waals surface area contributed by atoms with E-state index in [1.54, 1.807) is 30.3 Å². The number of benzene rings is 2. The summed E-state index contributed by atoms with van der Waals surface area (Å²) in [5.74, 6) is -9.69. The number of alkyl halides is 2. The predicted octanol–water partition coefficient (Wildman–Crippen LogP) is 4.28. The molecule has 1 atom stereocenters. The lowest BCUT2D eigenvalue weighted by molar-refractivity contribution is -0.164. The lowest BCUT2D eigenvalue weighted by atomic mass is 10.0. The molecule has 2 aromatic carbocycles. The topological polar surface area (TPSA) is 26.3 Å². The van der Waals surface area contributed by atoms with Crippen molar-refractivity contribution in [3.05, 3.63) is 70.3 Å². The lowest BCUT2D eigenvalue weighted by Crippen LogP contribution is -2.31. The van der Waals surface area contributed by atoms with Gasteiger partial charge in [-0.25, -0.2) is 17.6 Å². The van der Waals surface area contributed by atoms with E-state index in [4.69, 9.17) is 4.74 Å². The predicted molar refractivity (Wildman–Crippen MR) is 78.4 cm³/mol. The van der Waals surface area contributed by atoms with Crippen molar-refractivity contribution in [1.29, 1.82) is 0 Å². The molecule has 1 aliphatic rings. The molecule has 0 heterocycles. The molecule has 2 nitrogen and oxygen atoms in total. The molecule has 24 heavy (non-hydrogen) atoms. The Morgan fingerprint density at radius 2 is 1.88 bits per heavy atom. The molecule has 0 spiro atoms. The maximum atomic E-state index is 14.4. The van der Waals surface area contributed by atoms with Gasteiger partial charge in [-0.15, -0.1) is 0 Å². The van der Waals surface area contributed by atoms with E-state index >= 15 is 0 Å². The van der Waals surface area contributed by atoms with Crippen LogP contribution in [0.15, 0.2) is 36.4 Å². The molecule has 0 fully saturated rings. The van der Waals surface area contributed by atoms with Gasteiger partial charge < -0.3 is 4.74 Å². The molecule has 2 aromatic rings. The zero-order valence-electron chi connectivity index (χ0n) is 12.8. The molecule has 126 valence electrons. The summed E-state index contributed by atoms with van der Waals surface area (Å²) in [6, 6.07) is 9.76. The van der Waals surface area contributed by atoms with Crippen LogP contribution < -0.4 is 0 Å². The van der Waals surface area contributed by atoms with E-state index in [0.717, 1.165) is 6.07 Å². The van der Waals surface area contributed by atoms with E-state index in [2.05, 4.69) is 0 Å². The van der Waals surface area contributed by atoms with E-state index in [-0.39, 0.29) is 24.2 Å². The van der Waals surface area contributed by atoms with Gasteiger partial charge in [-0.1, -0.05) is 36.4 Å². The number of carbonyl (C=O) groups is 1. The number of halogens is 4. The van der Waals surface area contributed by atoms with Crippen molar-refractivity contribution in [2.75, 3.05) is 0 Å². The van der Waals surface area contributed by atoms with Gasteiger partial charge in [0.25, 0.3) is 5.92 Å². The molecule has 1 unspecified atom stereocenters. The maximum absolute atomic E-state index is 14.4. The van der Waals surface area contributed by atoms with Crippen LogP contribution in [0.5, 0.6) is 0 Å². The number of fused-ring (bicyclic) bond motifs is 1. The number of hydrogen-bond donors (Lipinski definition) is 0. The SMILES string of the molecule is Cc1cc2c(c(F)c1F)C(F)(F)C(C(=O)OCc1ccccc1)C2. The van der Waals surface area contributed by atoms with Crippen LogP contribution in [0.3, 0.4) is 0 Å². The Bertz CT molecular complexity index is 787. The second-order valence-corrected chi connectivity index (χ2v) is 5.83. The summed E-state index contributed by atoms with van der Waals surface area (Å²) >= 11 is 0. The van der Waals surface area contributed by atoms with Gasteiger partial charge in [-0.2, -0.15) is 0 Å². The Labute approximate surface area is 136 Å². The first-order valence-corrected chi connectivity index (χ1v) is 7.38. The van der Waals surface area contributed by atoms with Crippen molar-refractivity contribution < 1.29 is 27.1 Å². The van der Waals surface area contributed by atoms with Gasteiger partial charge in [0.2, 0.25) is 0 Å². The average molecular weight is 338 g/mol. The summed E-state index contributed by atoms with van der Waals surface area (Å²) in [5.41, 5.74) is -0.511. The van der Waals surface area contributed by atoms with Crippen LogP contribution in [-0.4, -0.2) is 5.97 Å². The lowest BCUT2D eigenvalue weighted by Gasteiger charge is -2.19. The van der Waals surface area contributed by atoms with Crippen molar-refractivity contribution in [3.63, 3.8) is 0 Å². The molecule has 0 radical (unpaired) electrons. The summed E-state index contributed by atoms with van der Waals surface area (Å²) in [7, 11) is 0. The summed E-state index contributed by atoms with van der Waals surface area (Å²) in [5, 5.41) is 0. The average Bonchev–Trinajstić information content (AvgIpc) is 2.82. The number of rotatable bonds is 3. The highest BCUT2D eigenvalue weighted by molar-refractivity contribution is 5.76. The molecule has 3 rings (SSSR count). The molecule has 0 aliphatic heterocycles. The highest BCUT2D eigenvalue weighted by Gasteiger charge is 2.55. The quantitative estimate of drug-likeness (QED) is 0.617. The first-order valence-electron chi connectivity index (χ1n) is 7.38. The molecule has 0 saturated heterocycles. The van der Waals surface area contributed by atoms with E-state index in [9.17, 15) is 22.4 Å². The number of esters is 1. The van der Waals surface area contributed by atoms with Crippen LogP contribution in [0.2, 0.25) is 0 Å². The molecular formula is C18H14F4O2. The maximum Gasteiger partial charge on any atom is 0.316 e. The third-order valence-corrected chi connectivity index (χ3v) is 4.17. The molecule has 0 aromatic heterocycles. The number of hydrogen-bond acceptors (Lipinski definition) is 2. The second-order valence-electron chi connectivity index (χ2n) is 5.83. The minimum atomic E-state index is -3.80. The van der Waals surface area contributed by atoms with Gasteiger partial charge in [0.1, 0.15) is 12.5 Å². The Hall–Kier alpha value is -2.37. The fourth-order valence-electron chi connectivity index (χ4n) is 2.93. The van der Waals surface area contributed by atoms with Crippen LogP contribution in [0, 0.1) is 24.5 Å². The number of carbonyl (C=O) groups excluding carboxylic acids is 1. The third kappa shape index (κ3) is 2.66. The fraction of sp³-hybridized carbons (Fsp3) is 0.278. The Balaban J connectivity index is 1.83. The van der Waals surface area contributed by atoms with Crippen LogP contribution in [-0.2, 0) is 28.5 Å². The van der Waals surface area contributed by atoms with E-state index in [0.29, 0.717) is 5.56 Å². The van der Waals surface area contributed by atoms with Gasteiger partial charge in [0.15, 0.2) is 11.6 Å². The van der Waals surface area contributed by atoms with Gasteiger partial charge in [0, 0.05) is 0 Å². The fourth-order valence-corrected chi connectivity index (χ4v) is 2.93. The van der Waals surface area contributed by atoms with Gasteiger partial charge >= 0.3 is 5.97 Å². The number of aryl methyl sites for hydroxylation is 1. The summed E-state index contributed by atoms with van der Waals surface area (Å²) in [6.07, 6.45) is -0.381. The molecule has 0 bridgehead atoms. The summed E-state index contributed by atoms with van der Waals surface area (Å²) in [4.78, 5) is 12.1. The van der Waals surface area contributed by atoms with Gasteiger partial charge in [-0.3, -0.25) is 4.79 Å². The van der Waals surface area contributed by atoms with Crippen LogP contribution >= 0.6 is 0 Å². The van der Waals surface area contributed by atoms with Gasteiger partial charge in [0.05, 0.1) is 5.56 Å². The molecule has 0 N–H and O–H groups in total. The van der Waals surface area contributed by atoms with E-state index < -0.39 is 35.0 Å². The smallest absolute Gasteiger partial charge is 0.316 e. The largest absolute Gasteiger partial charge is 0.460 e. The molecule has 1 aliphatic carbocycles. The summed E-state index contributed by atoms with van der Waals surface area (Å²) in [6.45, 7) is 1.14. The highest BCUT2D eigenvalue weighted by atomic mass is 19.3. The van der Waals surface area contributed by atoms with Crippen LogP contribution in [0.25, 0.3) is 0 Å².